The first-order valence-corrected chi connectivity index (χ1v) is 10.6. The first kappa shape index (κ1) is 19.6. The van der Waals surface area contributed by atoms with Crippen LogP contribution in [0.25, 0.3) is 10.9 Å². The Labute approximate surface area is 166 Å². The van der Waals surface area contributed by atoms with Gasteiger partial charge in [0.05, 0.1) is 16.7 Å². The van der Waals surface area contributed by atoms with Crippen molar-refractivity contribution in [2.45, 2.75) is 38.9 Å². The van der Waals surface area contributed by atoms with Crippen molar-refractivity contribution in [2.24, 2.45) is 5.92 Å². The van der Waals surface area contributed by atoms with E-state index in [2.05, 4.69) is 29.1 Å². The molecule has 0 saturated heterocycles. The summed E-state index contributed by atoms with van der Waals surface area (Å²) in [6.07, 6.45) is 2.60. The lowest BCUT2D eigenvalue weighted by Gasteiger charge is -2.14. The third kappa shape index (κ3) is 4.95. The largest absolute Gasteiger partial charge is 0.301 e. The molecule has 0 fully saturated rings. The number of amides is 1. The number of thioether (sulfide) groups is 1. The fourth-order valence-corrected chi connectivity index (χ4v) is 4.05. The molecule has 0 spiro atoms. The van der Waals surface area contributed by atoms with Crippen LogP contribution in [0.3, 0.4) is 0 Å². The summed E-state index contributed by atoms with van der Waals surface area (Å²) in [5, 5.41) is 4.55. The fraction of sp³-hybridized carbons (Fsp3) is 0.368. The summed E-state index contributed by atoms with van der Waals surface area (Å²) in [6.45, 7) is 6.77. The summed E-state index contributed by atoms with van der Waals surface area (Å²) in [6, 6.07) is 7.32. The van der Waals surface area contributed by atoms with Crippen LogP contribution in [0.2, 0.25) is 0 Å². The molecule has 0 aliphatic carbocycles. The standard InChI is InChI=1S/C19H22N4O2S2/c1-12(2)8-9-23-17(25)14-6-4-5-7-15(14)21-19(23)26-11-16(24)22-18-20-10-13(3)27-18/h4-7,10,12H,8-9,11H2,1-3H3,(H,20,22,24). The molecule has 6 nitrogen and oxygen atoms in total. The molecule has 0 atom stereocenters. The number of para-hydroxylation sites is 1. The number of anilines is 1. The third-order valence-corrected chi connectivity index (χ3v) is 5.76. The van der Waals surface area contributed by atoms with E-state index < -0.39 is 0 Å². The maximum Gasteiger partial charge on any atom is 0.262 e. The van der Waals surface area contributed by atoms with Crippen LogP contribution in [0.15, 0.2) is 40.4 Å². The lowest BCUT2D eigenvalue weighted by Crippen LogP contribution is -2.25. The van der Waals surface area contributed by atoms with Gasteiger partial charge in [-0.15, -0.1) is 11.3 Å². The predicted molar refractivity (Wildman–Crippen MR) is 112 cm³/mol. The second-order valence-corrected chi connectivity index (χ2v) is 8.84. The lowest BCUT2D eigenvalue weighted by molar-refractivity contribution is -0.113. The average molecular weight is 403 g/mol. The number of nitrogens with one attached hydrogen (secondary N) is 1. The summed E-state index contributed by atoms with van der Waals surface area (Å²) in [4.78, 5) is 34.9. The van der Waals surface area contributed by atoms with E-state index in [9.17, 15) is 9.59 Å². The van der Waals surface area contributed by atoms with Gasteiger partial charge in [-0.25, -0.2) is 9.97 Å². The summed E-state index contributed by atoms with van der Waals surface area (Å²) < 4.78 is 1.69. The van der Waals surface area contributed by atoms with Crippen molar-refractivity contribution in [3.63, 3.8) is 0 Å². The van der Waals surface area contributed by atoms with E-state index in [4.69, 9.17) is 0 Å². The highest BCUT2D eigenvalue weighted by molar-refractivity contribution is 7.99. The number of rotatable bonds is 7. The maximum absolute atomic E-state index is 12.9. The van der Waals surface area contributed by atoms with E-state index >= 15 is 0 Å². The van der Waals surface area contributed by atoms with E-state index in [1.807, 2.05) is 25.1 Å². The number of nitrogens with zero attached hydrogens (tertiary/aromatic N) is 3. The molecule has 1 aromatic carbocycles. The van der Waals surface area contributed by atoms with Crippen LogP contribution in [0, 0.1) is 12.8 Å². The van der Waals surface area contributed by atoms with E-state index in [1.54, 1.807) is 16.8 Å². The minimum Gasteiger partial charge on any atom is -0.301 e. The molecule has 0 aliphatic rings. The fourth-order valence-electron chi connectivity index (χ4n) is 2.54. The highest BCUT2D eigenvalue weighted by atomic mass is 32.2. The Hall–Kier alpha value is -2.19. The first-order chi connectivity index (χ1) is 12.9. The lowest BCUT2D eigenvalue weighted by atomic mass is 10.1. The van der Waals surface area contributed by atoms with Crippen LogP contribution in [-0.4, -0.2) is 26.2 Å². The summed E-state index contributed by atoms with van der Waals surface area (Å²) in [5.74, 6) is 0.482. The molecule has 0 saturated carbocycles. The van der Waals surface area contributed by atoms with Crippen molar-refractivity contribution >= 4 is 45.0 Å². The number of benzene rings is 1. The van der Waals surface area contributed by atoms with Gasteiger partial charge in [-0.3, -0.25) is 14.2 Å². The maximum atomic E-state index is 12.9. The molecule has 3 rings (SSSR count). The van der Waals surface area contributed by atoms with Crippen LogP contribution < -0.4 is 10.9 Å². The monoisotopic (exact) mass is 402 g/mol. The van der Waals surface area contributed by atoms with Crippen molar-refractivity contribution < 1.29 is 4.79 Å². The molecule has 1 amide bonds. The van der Waals surface area contributed by atoms with Gasteiger partial charge >= 0.3 is 0 Å². The van der Waals surface area contributed by atoms with E-state index in [0.717, 1.165) is 11.3 Å². The molecule has 2 heterocycles. The number of aromatic nitrogens is 3. The van der Waals surface area contributed by atoms with Gasteiger partial charge in [0.2, 0.25) is 5.91 Å². The van der Waals surface area contributed by atoms with Crippen LogP contribution in [0.5, 0.6) is 0 Å². The van der Waals surface area contributed by atoms with Crippen molar-refractivity contribution in [3.05, 3.63) is 45.7 Å². The number of aryl methyl sites for hydroxylation is 1. The molecule has 2 aromatic heterocycles. The Kier molecular flexibility index (Phi) is 6.28. The van der Waals surface area contributed by atoms with Gasteiger partial charge in [-0.05, 0) is 31.4 Å². The van der Waals surface area contributed by atoms with E-state index in [0.29, 0.717) is 33.7 Å². The Balaban J connectivity index is 1.81. The zero-order valence-electron chi connectivity index (χ0n) is 15.6. The Morgan fingerprint density at radius 3 is 2.81 bits per heavy atom. The van der Waals surface area contributed by atoms with Gasteiger partial charge in [0, 0.05) is 17.6 Å². The second kappa shape index (κ2) is 8.67. The molecular formula is C19H22N4O2S2. The van der Waals surface area contributed by atoms with Crippen LogP contribution in [0.1, 0.15) is 25.1 Å². The highest BCUT2D eigenvalue weighted by Crippen LogP contribution is 2.21. The molecule has 0 bridgehead atoms. The van der Waals surface area contributed by atoms with Crippen molar-refractivity contribution in [2.75, 3.05) is 11.1 Å². The number of thiazole rings is 1. The van der Waals surface area contributed by atoms with Gasteiger partial charge in [0.15, 0.2) is 10.3 Å². The van der Waals surface area contributed by atoms with E-state index in [1.165, 1.54) is 23.1 Å². The molecule has 3 aromatic rings. The third-order valence-electron chi connectivity index (χ3n) is 3.96. The molecule has 0 unspecified atom stereocenters. The Bertz CT molecular complexity index is 1010. The van der Waals surface area contributed by atoms with Gasteiger partial charge in [-0.2, -0.15) is 0 Å². The molecule has 27 heavy (non-hydrogen) atoms. The van der Waals surface area contributed by atoms with Crippen LogP contribution in [-0.2, 0) is 11.3 Å². The molecule has 1 N–H and O–H groups in total. The summed E-state index contributed by atoms with van der Waals surface area (Å²) >= 11 is 2.71. The number of fused-ring (bicyclic) bond motifs is 1. The minimum atomic E-state index is -0.160. The number of carbonyl (C=O) groups is 1. The van der Waals surface area contributed by atoms with Crippen LogP contribution in [0.4, 0.5) is 5.13 Å². The Morgan fingerprint density at radius 1 is 1.33 bits per heavy atom. The Morgan fingerprint density at radius 2 is 2.11 bits per heavy atom. The van der Waals surface area contributed by atoms with Gasteiger partial charge in [0.25, 0.3) is 5.56 Å². The average Bonchev–Trinajstić information content (AvgIpc) is 3.04. The first-order valence-electron chi connectivity index (χ1n) is 8.78. The summed E-state index contributed by atoms with van der Waals surface area (Å²) in [5.41, 5.74) is 0.599. The van der Waals surface area contributed by atoms with Gasteiger partial charge < -0.3 is 5.32 Å². The second-order valence-electron chi connectivity index (χ2n) is 6.66. The van der Waals surface area contributed by atoms with Crippen LogP contribution >= 0.6 is 23.1 Å². The normalized spacial score (nSPS) is 11.3. The highest BCUT2D eigenvalue weighted by Gasteiger charge is 2.14. The SMILES string of the molecule is Cc1cnc(NC(=O)CSc2nc3ccccc3c(=O)n2CCC(C)C)s1. The molecular weight excluding hydrogens is 380 g/mol. The van der Waals surface area contributed by atoms with Crippen molar-refractivity contribution in [1.29, 1.82) is 0 Å². The predicted octanol–water partition coefficient (Wildman–Crippen LogP) is 3.94. The quantitative estimate of drug-likeness (QED) is 0.478. The smallest absolute Gasteiger partial charge is 0.262 e. The zero-order chi connectivity index (χ0) is 19.4. The zero-order valence-corrected chi connectivity index (χ0v) is 17.2. The van der Waals surface area contributed by atoms with Crippen molar-refractivity contribution in [1.82, 2.24) is 14.5 Å². The van der Waals surface area contributed by atoms with E-state index in [-0.39, 0.29) is 17.2 Å². The minimum absolute atomic E-state index is 0.0558. The van der Waals surface area contributed by atoms with Crippen molar-refractivity contribution in [3.8, 4) is 0 Å². The number of hydrogen-bond donors (Lipinski definition) is 1. The molecule has 0 radical (unpaired) electrons. The molecule has 142 valence electrons. The van der Waals surface area contributed by atoms with Gasteiger partial charge in [-0.1, -0.05) is 37.7 Å². The molecule has 0 aliphatic heterocycles. The summed E-state index contributed by atoms with van der Waals surface area (Å²) in [7, 11) is 0. The number of hydrogen-bond acceptors (Lipinski definition) is 6. The topological polar surface area (TPSA) is 76.9 Å². The molecule has 8 heteroatoms. The van der Waals surface area contributed by atoms with Gasteiger partial charge in [0.1, 0.15) is 0 Å². The number of carbonyl (C=O) groups excluding carboxylic acids is 1.